The lowest BCUT2D eigenvalue weighted by Crippen LogP contribution is -2.39. The highest BCUT2D eigenvalue weighted by Gasteiger charge is 2.27. The van der Waals surface area contributed by atoms with E-state index in [0.717, 1.165) is 22.5 Å². The van der Waals surface area contributed by atoms with Crippen molar-refractivity contribution in [2.45, 2.75) is 0 Å². The van der Waals surface area contributed by atoms with Gasteiger partial charge in [0, 0.05) is 31.3 Å². The summed E-state index contributed by atoms with van der Waals surface area (Å²) in [5, 5.41) is 11.9. The van der Waals surface area contributed by atoms with Crippen LogP contribution in [0.3, 0.4) is 0 Å². The van der Waals surface area contributed by atoms with Crippen LogP contribution in [0.5, 0.6) is 0 Å². The van der Waals surface area contributed by atoms with Crippen molar-refractivity contribution in [3.63, 3.8) is 0 Å². The number of benzene rings is 1. The summed E-state index contributed by atoms with van der Waals surface area (Å²) >= 11 is 0. The van der Waals surface area contributed by atoms with Crippen molar-refractivity contribution in [3.05, 3.63) is 66.1 Å². The van der Waals surface area contributed by atoms with Gasteiger partial charge in [0.15, 0.2) is 17.2 Å². The monoisotopic (exact) mass is 415 g/mol. The summed E-state index contributed by atoms with van der Waals surface area (Å²) in [7, 11) is 5.09. The molecule has 0 saturated heterocycles. The number of pyridine rings is 1. The Labute approximate surface area is 177 Å². The number of nitrogens with zero attached hydrogens (tertiary/aromatic N) is 7. The second-order valence-corrected chi connectivity index (χ2v) is 7.00. The van der Waals surface area contributed by atoms with Gasteiger partial charge in [-0.15, -0.1) is 4.68 Å². The summed E-state index contributed by atoms with van der Waals surface area (Å²) in [6.07, 6.45) is 5.11. The molecule has 0 saturated carbocycles. The van der Waals surface area contributed by atoms with E-state index >= 15 is 0 Å². The van der Waals surface area contributed by atoms with Gasteiger partial charge in [-0.1, -0.05) is 35.5 Å². The highest BCUT2D eigenvalue weighted by atomic mass is 16.5. The maximum absolute atomic E-state index is 12.2. The van der Waals surface area contributed by atoms with Crippen molar-refractivity contribution in [1.29, 1.82) is 0 Å². The fourth-order valence-corrected chi connectivity index (χ4v) is 3.50. The second-order valence-electron chi connectivity index (χ2n) is 7.00. The zero-order valence-corrected chi connectivity index (χ0v) is 17.1. The standard InChI is InChI=1S/C21H18N8O2/c1-27-15(13-7-5-4-6-8-13)10-19(27)24-18-9-16(14-11-23-28(2)20(14)25-18)29-17(12-22-26-29)21(30)31-3/h4-12H,1-3H3/p+1. The molecule has 0 fully saturated rings. The average Bonchev–Trinajstić information content (AvgIpc) is 3.43. The summed E-state index contributed by atoms with van der Waals surface area (Å²) in [6, 6.07) is 11.9. The fraction of sp³-hybridized carbons (Fsp3) is 0.143. The van der Waals surface area contributed by atoms with Crippen LogP contribution in [0.25, 0.3) is 22.4 Å². The number of carbonyl (C=O) groups excluding carboxylic acids is 1. The molecule has 0 amide bonds. The van der Waals surface area contributed by atoms with Gasteiger partial charge in [0.2, 0.25) is 6.20 Å². The lowest BCUT2D eigenvalue weighted by Gasteiger charge is -2.31. The number of esters is 1. The number of H-pyrrole nitrogens is 1. The highest BCUT2D eigenvalue weighted by Crippen LogP contribution is 2.29. The molecule has 0 aliphatic carbocycles. The Bertz CT molecular complexity index is 1370. The molecule has 1 N–H and O–H groups in total. The Kier molecular flexibility index (Phi) is 4.32. The van der Waals surface area contributed by atoms with E-state index < -0.39 is 5.97 Å². The van der Waals surface area contributed by atoms with E-state index in [4.69, 9.17) is 9.73 Å². The smallest absolute Gasteiger partial charge is 0.384 e. The maximum Gasteiger partial charge on any atom is 0.384 e. The van der Waals surface area contributed by atoms with Crippen LogP contribution in [-0.4, -0.2) is 55.9 Å². The van der Waals surface area contributed by atoms with Gasteiger partial charge in [-0.05, 0) is 5.56 Å². The molecule has 0 spiro atoms. The van der Waals surface area contributed by atoms with E-state index in [2.05, 4.69) is 32.5 Å². The number of aromatic amines is 1. The zero-order valence-electron chi connectivity index (χ0n) is 17.1. The molecule has 10 heteroatoms. The molecule has 4 aromatic rings. The van der Waals surface area contributed by atoms with E-state index in [1.54, 1.807) is 24.0 Å². The first-order valence-corrected chi connectivity index (χ1v) is 9.53. The van der Waals surface area contributed by atoms with Crippen LogP contribution in [0.15, 0.2) is 59.9 Å². The van der Waals surface area contributed by atoms with Gasteiger partial charge < -0.3 is 9.64 Å². The van der Waals surface area contributed by atoms with Crippen LogP contribution in [0.4, 0.5) is 5.82 Å². The summed E-state index contributed by atoms with van der Waals surface area (Å²) in [5.41, 5.74) is 3.73. The van der Waals surface area contributed by atoms with Crippen LogP contribution < -0.4 is 4.68 Å². The third kappa shape index (κ3) is 3.05. The minimum atomic E-state index is -0.510. The molecule has 1 aliphatic rings. The minimum Gasteiger partial charge on any atom is -0.463 e. The largest absolute Gasteiger partial charge is 0.463 e. The van der Waals surface area contributed by atoms with Crippen LogP contribution in [0.1, 0.15) is 16.1 Å². The molecule has 31 heavy (non-hydrogen) atoms. The first-order chi connectivity index (χ1) is 15.1. The van der Waals surface area contributed by atoms with E-state index in [-0.39, 0.29) is 5.69 Å². The molecule has 0 radical (unpaired) electrons. The Morgan fingerprint density at radius 1 is 1.19 bits per heavy atom. The Hall–Kier alpha value is -4.34. The van der Waals surface area contributed by atoms with Gasteiger partial charge >= 0.3 is 5.97 Å². The van der Waals surface area contributed by atoms with Gasteiger partial charge in [-0.3, -0.25) is 4.68 Å². The number of ether oxygens (including phenoxy) is 1. The molecule has 1 aliphatic heterocycles. The quantitative estimate of drug-likeness (QED) is 0.402. The van der Waals surface area contributed by atoms with E-state index in [9.17, 15) is 4.79 Å². The minimum absolute atomic E-state index is 0.254. The number of hydrogen-bond donors (Lipinski definition) is 1. The van der Waals surface area contributed by atoms with Crippen molar-refractivity contribution < 1.29 is 14.2 Å². The van der Waals surface area contributed by atoms with Gasteiger partial charge in [-0.25, -0.2) is 14.8 Å². The van der Waals surface area contributed by atoms with Gasteiger partial charge in [-0.2, -0.15) is 5.10 Å². The third-order valence-corrected chi connectivity index (χ3v) is 5.16. The molecular weight excluding hydrogens is 396 g/mol. The Morgan fingerprint density at radius 2 is 2.00 bits per heavy atom. The van der Waals surface area contributed by atoms with Crippen LogP contribution in [0.2, 0.25) is 0 Å². The molecule has 0 atom stereocenters. The molecular formula is C21H19N8O2+. The number of nitrogens with one attached hydrogen (secondary N) is 1. The van der Waals surface area contributed by atoms with Gasteiger partial charge in [0.1, 0.15) is 5.84 Å². The predicted molar refractivity (Wildman–Crippen MR) is 113 cm³/mol. The second kappa shape index (κ2) is 7.17. The highest BCUT2D eigenvalue weighted by molar-refractivity contribution is 6.12. The molecule has 0 bridgehead atoms. The number of hydrogen-bond acceptors (Lipinski definition) is 6. The third-order valence-electron chi connectivity index (χ3n) is 5.16. The number of methoxy groups -OCH3 is 1. The van der Waals surface area contributed by atoms with E-state index in [0.29, 0.717) is 17.2 Å². The van der Waals surface area contributed by atoms with Crippen molar-refractivity contribution in [1.82, 2.24) is 30.0 Å². The van der Waals surface area contributed by atoms with E-state index in [1.165, 1.54) is 18.0 Å². The number of amidine groups is 1. The number of aliphatic imine (C=N–C) groups is 1. The molecule has 154 valence electrons. The van der Waals surface area contributed by atoms with E-state index in [1.807, 2.05) is 36.2 Å². The van der Waals surface area contributed by atoms with Crippen molar-refractivity contribution >= 4 is 34.4 Å². The topological polar surface area (TPSA) is 105 Å². The van der Waals surface area contributed by atoms with Gasteiger partial charge in [0.25, 0.3) is 5.69 Å². The summed E-state index contributed by atoms with van der Waals surface area (Å²) in [5.74, 6) is 0.750. The van der Waals surface area contributed by atoms with Crippen LogP contribution in [0, 0.1) is 0 Å². The van der Waals surface area contributed by atoms with Crippen molar-refractivity contribution in [2.24, 2.45) is 12.0 Å². The maximum atomic E-state index is 12.2. The number of aromatic nitrogens is 6. The number of fused-ring (bicyclic) bond motifs is 1. The molecule has 0 unspecified atom stereocenters. The predicted octanol–water partition coefficient (Wildman–Crippen LogP) is 1.77. The normalized spacial score (nSPS) is 14.6. The SMILES string of the molecule is COC(=O)c1cn[nH][n+]1-c1cc(N=C2C=C(c3ccccc3)N2C)nc2c1cnn2C. The molecule has 4 heterocycles. The summed E-state index contributed by atoms with van der Waals surface area (Å²) in [4.78, 5) is 23.5. The number of rotatable bonds is 4. The molecule has 5 rings (SSSR count). The number of aryl methyl sites for hydroxylation is 1. The fourth-order valence-electron chi connectivity index (χ4n) is 3.50. The van der Waals surface area contributed by atoms with Crippen molar-refractivity contribution in [3.8, 4) is 5.69 Å². The van der Waals surface area contributed by atoms with Crippen LogP contribution >= 0.6 is 0 Å². The zero-order chi connectivity index (χ0) is 21.5. The first-order valence-electron chi connectivity index (χ1n) is 9.53. The molecule has 1 aromatic carbocycles. The van der Waals surface area contributed by atoms with Gasteiger partial charge in [0.05, 0.1) is 24.4 Å². The Balaban J connectivity index is 1.61. The first kappa shape index (κ1) is 18.7. The lowest BCUT2D eigenvalue weighted by atomic mass is 10.1. The van der Waals surface area contributed by atoms with Crippen LogP contribution in [-0.2, 0) is 11.8 Å². The molecule has 3 aromatic heterocycles. The number of likely N-dealkylation sites (N-methyl/N-ethyl adjacent to an activating group) is 1. The lowest BCUT2D eigenvalue weighted by molar-refractivity contribution is -0.660. The summed E-state index contributed by atoms with van der Waals surface area (Å²) < 4.78 is 8.06. The summed E-state index contributed by atoms with van der Waals surface area (Å²) in [6.45, 7) is 0. The van der Waals surface area contributed by atoms with Crippen molar-refractivity contribution in [2.75, 3.05) is 14.2 Å². The Morgan fingerprint density at radius 3 is 2.74 bits per heavy atom. The number of carbonyl (C=O) groups is 1. The molecule has 10 nitrogen and oxygen atoms in total. The average molecular weight is 415 g/mol.